The molecule has 0 amide bonds. The summed E-state index contributed by atoms with van der Waals surface area (Å²) in [5, 5.41) is 9.75. The lowest BCUT2D eigenvalue weighted by atomic mass is 10.2. The zero-order valence-corrected chi connectivity index (χ0v) is 19.7. The number of carboxylic acids is 1. The highest BCUT2D eigenvalue weighted by atomic mass is 35.5. The molecule has 0 spiro atoms. The number of rotatable bonds is 8. The Kier molecular flexibility index (Phi) is 7.62. The van der Waals surface area contributed by atoms with Crippen LogP contribution in [0.4, 0.5) is 11.4 Å². The Morgan fingerprint density at radius 1 is 1.15 bits per heavy atom. The van der Waals surface area contributed by atoms with Crippen LogP contribution in [-0.2, 0) is 17.9 Å². The van der Waals surface area contributed by atoms with Crippen molar-refractivity contribution in [2.24, 2.45) is 10.9 Å². The summed E-state index contributed by atoms with van der Waals surface area (Å²) < 4.78 is 7.74. The van der Waals surface area contributed by atoms with E-state index in [4.69, 9.17) is 22.1 Å². The second-order valence-electron chi connectivity index (χ2n) is 8.10. The summed E-state index contributed by atoms with van der Waals surface area (Å²) >= 11 is 5.96. The molecular weight excluding hydrogens is 462 g/mol. The second kappa shape index (κ2) is 10.4. The standard InChI is InChI=1S/C23H26ClN5O5/c1-13(2)34-19-9-8-17(10-18(19)25)26-21-27-22(32)29(11-14(3)20(30)31)23(33)28(21)12-15-4-6-16(24)7-5-15/h4-10,13-14H,11-12,25H2,1-3H3,(H,30,31)(H,26,27,32)/t14-/m0/s1. The molecule has 0 unspecified atom stereocenters. The number of nitrogens with two attached hydrogens (primary N) is 1. The van der Waals surface area contributed by atoms with Gasteiger partial charge in [-0.2, -0.15) is 0 Å². The van der Waals surface area contributed by atoms with E-state index >= 15 is 0 Å². The molecule has 10 nitrogen and oxygen atoms in total. The van der Waals surface area contributed by atoms with E-state index in [0.29, 0.717) is 22.1 Å². The lowest BCUT2D eigenvalue weighted by Gasteiger charge is -2.13. The van der Waals surface area contributed by atoms with Crippen molar-refractivity contribution in [2.45, 2.75) is 40.0 Å². The molecule has 0 radical (unpaired) electrons. The van der Waals surface area contributed by atoms with Crippen LogP contribution in [0.25, 0.3) is 0 Å². The lowest BCUT2D eigenvalue weighted by molar-refractivity contribution is -0.141. The van der Waals surface area contributed by atoms with Gasteiger partial charge in [0.2, 0.25) is 5.62 Å². The minimum atomic E-state index is -1.12. The van der Waals surface area contributed by atoms with Crippen molar-refractivity contribution < 1.29 is 14.6 Å². The highest BCUT2D eigenvalue weighted by molar-refractivity contribution is 6.30. The Morgan fingerprint density at radius 2 is 1.82 bits per heavy atom. The van der Waals surface area contributed by atoms with Gasteiger partial charge in [0, 0.05) is 11.6 Å². The summed E-state index contributed by atoms with van der Waals surface area (Å²) in [6, 6.07) is 11.7. The van der Waals surface area contributed by atoms with E-state index in [-0.39, 0.29) is 24.8 Å². The van der Waals surface area contributed by atoms with Gasteiger partial charge in [0.25, 0.3) is 0 Å². The van der Waals surface area contributed by atoms with Crippen LogP contribution in [0.15, 0.2) is 57.0 Å². The molecule has 4 N–H and O–H groups in total. The first-order valence-corrected chi connectivity index (χ1v) is 10.9. The number of anilines is 1. The summed E-state index contributed by atoms with van der Waals surface area (Å²) in [6.45, 7) is 4.94. The van der Waals surface area contributed by atoms with E-state index in [9.17, 15) is 19.5 Å². The first kappa shape index (κ1) is 24.8. The molecule has 0 bridgehead atoms. The topological polar surface area (TPSA) is 145 Å². The van der Waals surface area contributed by atoms with Crippen molar-refractivity contribution in [1.82, 2.24) is 14.1 Å². The van der Waals surface area contributed by atoms with Gasteiger partial charge in [-0.3, -0.25) is 14.3 Å². The van der Waals surface area contributed by atoms with Crippen molar-refractivity contribution in [2.75, 3.05) is 5.73 Å². The number of nitrogen functional groups attached to an aromatic ring is 1. The average molecular weight is 488 g/mol. The van der Waals surface area contributed by atoms with Crippen molar-refractivity contribution >= 4 is 28.9 Å². The first-order chi connectivity index (χ1) is 16.0. The van der Waals surface area contributed by atoms with Crippen LogP contribution in [-0.4, -0.2) is 31.3 Å². The fraction of sp³-hybridized carbons (Fsp3) is 0.304. The maximum absolute atomic E-state index is 13.3. The Hall–Kier alpha value is -3.79. The van der Waals surface area contributed by atoms with E-state index in [0.717, 1.165) is 10.1 Å². The highest BCUT2D eigenvalue weighted by Gasteiger charge is 2.17. The van der Waals surface area contributed by atoms with E-state index in [1.807, 2.05) is 13.8 Å². The molecule has 1 aromatic heterocycles. The van der Waals surface area contributed by atoms with Crippen molar-refractivity contribution in [1.29, 1.82) is 0 Å². The number of aliphatic carboxylic acids is 1. The second-order valence-corrected chi connectivity index (χ2v) is 8.54. The van der Waals surface area contributed by atoms with Gasteiger partial charge in [-0.05, 0) is 49.7 Å². The number of benzene rings is 2. The van der Waals surface area contributed by atoms with Crippen molar-refractivity contribution in [3.05, 3.63) is 79.6 Å². The number of ether oxygens (including phenoxy) is 1. The molecule has 2 aromatic carbocycles. The molecule has 0 saturated heterocycles. The number of carboxylic acid groups (broad SMARTS) is 1. The number of hydrogen-bond acceptors (Lipinski definition) is 6. The quantitative estimate of drug-likeness (QED) is 0.416. The normalized spacial score (nSPS) is 12.7. The van der Waals surface area contributed by atoms with Crippen LogP contribution in [0.5, 0.6) is 5.75 Å². The van der Waals surface area contributed by atoms with Crippen molar-refractivity contribution in [3.63, 3.8) is 0 Å². The third-order valence-corrected chi connectivity index (χ3v) is 5.16. The number of hydrogen-bond donors (Lipinski definition) is 3. The Labute approximate surface area is 199 Å². The SMILES string of the molecule is CC(C)Oc1ccc(/N=c2\[nH]c(=O)n(C[C@H](C)C(=O)O)c(=O)n2Cc2ccc(Cl)cc2)cc1N. The number of nitrogens with one attached hydrogen (secondary N) is 1. The summed E-state index contributed by atoms with van der Waals surface area (Å²) in [6.07, 6.45) is -0.0660. The average Bonchev–Trinajstić information content (AvgIpc) is 2.76. The minimum Gasteiger partial charge on any atom is -0.489 e. The highest BCUT2D eigenvalue weighted by Crippen LogP contribution is 2.27. The summed E-state index contributed by atoms with van der Waals surface area (Å²) in [5.41, 5.74) is 6.07. The zero-order valence-electron chi connectivity index (χ0n) is 19.0. The van der Waals surface area contributed by atoms with Crippen LogP contribution >= 0.6 is 11.6 Å². The summed E-state index contributed by atoms with van der Waals surface area (Å²) in [7, 11) is 0. The molecule has 0 fully saturated rings. The Balaban J connectivity index is 2.16. The van der Waals surface area contributed by atoms with E-state index in [1.165, 1.54) is 11.5 Å². The lowest BCUT2D eigenvalue weighted by Crippen LogP contribution is -2.51. The van der Waals surface area contributed by atoms with Gasteiger partial charge < -0.3 is 15.6 Å². The smallest absolute Gasteiger partial charge is 0.335 e. The van der Waals surface area contributed by atoms with Crippen LogP contribution < -0.4 is 27.5 Å². The van der Waals surface area contributed by atoms with E-state index in [2.05, 4.69) is 9.98 Å². The van der Waals surface area contributed by atoms with Crippen molar-refractivity contribution in [3.8, 4) is 5.75 Å². The molecule has 34 heavy (non-hydrogen) atoms. The molecular formula is C23H26ClN5O5. The number of halogens is 1. The molecule has 0 aliphatic rings. The van der Waals surface area contributed by atoms with Gasteiger partial charge in [-0.1, -0.05) is 30.7 Å². The molecule has 1 atom stereocenters. The minimum absolute atomic E-state index is 0.0129. The summed E-state index contributed by atoms with van der Waals surface area (Å²) in [5.74, 6) is -1.57. The molecule has 3 aromatic rings. The number of nitrogens with zero attached hydrogens (tertiary/aromatic N) is 3. The van der Waals surface area contributed by atoms with Crippen LogP contribution in [0.2, 0.25) is 5.02 Å². The Bertz CT molecular complexity index is 1370. The van der Waals surface area contributed by atoms with Crippen LogP contribution in [0.3, 0.4) is 0 Å². The predicted octanol–water partition coefficient (Wildman–Crippen LogP) is 2.36. The van der Waals surface area contributed by atoms with E-state index in [1.54, 1.807) is 42.5 Å². The Morgan fingerprint density at radius 3 is 2.41 bits per heavy atom. The van der Waals surface area contributed by atoms with Gasteiger partial charge in [0.1, 0.15) is 5.75 Å². The number of aromatic nitrogens is 3. The number of H-pyrrole nitrogens is 1. The molecule has 180 valence electrons. The largest absolute Gasteiger partial charge is 0.489 e. The maximum atomic E-state index is 13.3. The predicted molar refractivity (Wildman–Crippen MR) is 129 cm³/mol. The molecule has 0 aliphatic heterocycles. The molecule has 11 heteroatoms. The molecule has 0 aliphatic carbocycles. The zero-order chi connectivity index (χ0) is 25.0. The summed E-state index contributed by atoms with van der Waals surface area (Å²) in [4.78, 5) is 44.2. The van der Waals surface area contributed by atoms with E-state index < -0.39 is 23.3 Å². The fourth-order valence-electron chi connectivity index (χ4n) is 3.16. The van der Waals surface area contributed by atoms with Crippen LogP contribution in [0, 0.1) is 5.92 Å². The van der Waals surface area contributed by atoms with Gasteiger partial charge in [-0.15, -0.1) is 0 Å². The fourth-order valence-corrected chi connectivity index (χ4v) is 3.28. The third-order valence-electron chi connectivity index (χ3n) is 4.90. The third kappa shape index (κ3) is 5.96. The maximum Gasteiger partial charge on any atom is 0.335 e. The van der Waals surface area contributed by atoms with Gasteiger partial charge >= 0.3 is 17.3 Å². The van der Waals surface area contributed by atoms with Gasteiger partial charge in [0.05, 0.1) is 29.9 Å². The monoisotopic (exact) mass is 487 g/mol. The number of aromatic amines is 1. The first-order valence-electron chi connectivity index (χ1n) is 10.6. The van der Waals surface area contributed by atoms with Gasteiger partial charge in [-0.25, -0.2) is 19.1 Å². The molecule has 0 saturated carbocycles. The molecule has 3 rings (SSSR count). The number of carbonyl (C=O) groups is 1. The molecule has 1 heterocycles. The van der Waals surface area contributed by atoms with Gasteiger partial charge in [0.15, 0.2) is 0 Å². The van der Waals surface area contributed by atoms with Crippen LogP contribution in [0.1, 0.15) is 26.3 Å².